The molecule has 2 unspecified atom stereocenters. The van der Waals surface area contributed by atoms with E-state index in [1.165, 1.54) is 0 Å². The topological polar surface area (TPSA) is 76.4 Å². The van der Waals surface area contributed by atoms with Crippen LogP contribution in [0.25, 0.3) is 0 Å². The third kappa shape index (κ3) is 5.70. The van der Waals surface area contributed by atoms with Gasteiger partial charge in [0.05, 0.1) is 5.69 Å². The van der Waals surface area contributed by atoms with E-state index in [0.717, 1.165) is 43.1 Å². The third-order valence-corrected chi connectivity index (χ3v) is 5.47. The zero-order valence-corrected chi connectivity index (χ0v) is 16.9. The van der Waals surface area contributed by atoms with E-state index in [1.54, 1.807) is 0 Å². The quantitative estimate of drug-likeness (QED) is 0.591. The minimum absolute atomic E-state index is 0.0650. The largest absolute Gasteiger partial charge is 0.486 e. The molecule has 1 aliphatic rings. The molecule has 1 aliphatic heterocycles. The summed E-state index contributed by atoms with van der Waals surface area (Å²) >= 11 is 0. The second-order valence-corrected chi connectivity index (χ2v) is 7.72. The molecule has 6 heteroatoms. The first-order valence-corrected chi connectivity index (χ1v) is 10.4. The van der Waals surface area contributed by atoms with Crippen molar-refractivity contribution in [2.45, 2.75) is 25.9 Å². The van der Waals surface area contributed by atoms with Gasteiger partial charge in [-0.25, -0.2) is 0 Å². The summed E-state index contributed by atoms with van der Waals surface area (Å²) in [6.07, 6.45) is 2.28. The fraction of sp³-hybridized carbons (Fsp3) is 0.333. The fourth-order valence-electron chi connectivity index (χ4n) is 3.92. The average molecular weight is 405 g/mol. The minimum atomic E-state index is 0.0650. The van der Waals surface area contributed by atoms with Gasteiger partial charge in [0.2, 0.25) is 5.91 Å². The van der Waals surface area contributed by atoms with Gasteiger partial charge in [0.25, 0.3) is 0 Å². The lowest BCUT2D eigenvalue weighted by atomic mass is 9.81. The van der Waals surface area contributed by atoms with Crippen LogP contribution in [0.3, 0.4) is 0 Å². The maximum absolute atomic E-state index is 12.5. The van der Waals surface area contributed by atoms with Gasteiger partial charge < -0.3 is 19.9 Å². The second-order valence-electron chi connectivity index (χ2n) is 7.72. The number of aromatic nitrogens is 1. The lowest BCUT2D eigenvalue weighted by Crippen LogP contribution is -2.39. The molecule has 0 spiro atoms. The Bertz CT molecular complexity index is 927. The Morgan fingerprint density at radius 3 is 2.67 bits per heavy atom. The van der Waals surface area contributed by atoms with Gasteiger partial charge in [-0.2, -0.15) is 0 Å². The standard InChI is InChI=1S/C24H27N3O3/c28-24(26-20-7-3-1-4-8-20)14-18-11-12-25-16-19(18)13-21-15-23(30-27-21)17-29-22-9-5-2-6-10-22/h1-10,15,18-19,25H,11-14,16-17H2,(H,26,28). The van der Waals surface area contributed by atoms with Crippen LogP contribution in [0.15, 0.2) is 71.3 Å². The Hall–Kier alpha value is -3.12. The van der Waals surface area contributed by atoms with Crippen molar-refractivity contribution in [3.8, 4) is 5.75 Å². The van der Waals surface area contributed by atoms with Crippen molar-refractivity contribution in [3.05, 3.63) is 78.2 Å². The number of rotatable bonds is 8. The van der Waals surface area contributed by atoms with Gasteiger partial charge in [0.1, 0.15) is 12.4 Å². The summed E-state index contributed by atoms with van der Waals surface area (Å²) in [6, 6.07) is 21.2. The molecule has 3 aromatic rings. The van der Waals surface area contributed by atoms with E-state index in [9.17, 15) is 4.79 Å². The van der Waals surface area contributed by atoms with Crippen molar-refractivity contribution in [1.29, 1.82) is 0 Å². The van der Waals surface area contributed by atoms with Crippen molar-refractivity contribution in [3.63, 3.8) is 0 Å². The predicted molar refractivity (Wildman–Crippen MR) is 115 cm³/mol. The zero-order chi connectivity index (χ0) is 20.6. The number of carbonyl (C=O) groups is 1. The summed E-state index contributed by atoms with van der Waals surface area (Å²) in [7, 11) is 0. The first kappa shape index (κ1) is 20.2. The van der Waals surface area contributed by atoms with Crippen LogP contribution in [0, 0.1) is 11.8 Å². The first-order chi connectivity index (χ1) is 14.8. The van der Waals surface area contributed by atoms with Crippen molar-refractivity contribution < 1.29 is 14.1 Å². The van der Waals surface area contributed by atoms with Crippen LogP contribution in [-0.2, 0) is 17.8 Å². The molecule has 2 N–H and O–H groups in total. The highest BCUT2D eigenvalue weighted by Crippen LogP contribution is 2.27. The molecule has 2 aromatic carbocycles. The maximum Gasteiger partial charge on any atom is 0.224 e. The number of hydrogen-bond acceptors (Lipinski definition) is 5. The zero-order valence-electron chi connectivity index (χ0n) is 16.9. The highest BCUT2D eigenvalue weighted by Gasteiger charge is 2.28. The molecular formula is C24H27N3O3. The van der Waals surface area contributed by atoms with E-state index < -0.39 is 0 Å². The molecule has 30 heavy (non-hydrogen) atoms. The summed E-state index contributed by atoms with van der Waals surface area (Å²) in [5, 5.41) is 10.7. The molecule has 0 radical (unpaired) electrons. The number of piperidine rings is 1. The van der Waals surface area contributed by atoms with E-state index in [4.69, 9.17) is 9.26 Å². The van der Waals surface area contributed by atoms with Crippen molar-refractivity contribution in [1.82, 2.24) is 10.5 Å². The number of amides is 1. The summed E-state index contributed by atoms with van der Waals surface area (Å²) in [5.74, 6) is 2.23. The third-order valence-electron chi connectivity index (χ3n) is 5.47. The number of anilines is 1. The number of nitrogens with one attached hydrogen (secondary N) is 2. The van der Waals surface area contributed by atoms with Crippen LogP contribution in [-0.4, -0.2) is 24.2 Å². The van der Waals surface area contributed by atoms with Crippen molar-refractivity contribution >= 4 is 11.6 Å². The molecule has 1 amide bonds. The molecule has 1 fully saturated rings. The van der Waals surface area contributed by atoms with E-state index >= 15 is 0 Å². The average Bonchev–Trinajstić information content (AvgIpc) is 3.22. The minimum Gasteiger partial charge on any atom is -0.486 e. The molecule has 156 valence electrons. The Morgan fingerprint density at radius 1 is 1.10 bits per heavy atom. The Balaban J connectivity index is 1.31. The van der Waals surface area contributed by atoms with Crippen LogP contribution in [0.2, 0.25) is 0 Å². The van der Waals surface area contributed by atoms with E-state index in [-0.39, 0.29) is 5.91 Å². The number of benzene rings is 2. The molecule has 1 saturated heterocycles. The monoisotopic (exact) mass is 405 g/mol. The van der Waals surface area contributed by atoms with Crippen LogP contribution < -0.4 is 15.4 Å². The molecule has 2 heterocycles. The fourth-order valence-corrected chi connectivity index (χ4v) is 3.92. The summed E-state index contributed by atoms with van der Waals surface area (Å²) in [6.45, 7) is 2.17. The molecular weight excluding hydrogens is 378 g/mol. The number of nitrogens with zero attached hydrogens (tertiary/aromatic N) is 1. The van der Waals surface area contributed by atoms with Gasteiger partial charge in [-0.1, -0.05) is 41.6 Å². The normalized spacial score (nSPS) is 18.7. The summed E-state index contributed by atoms with van der Waals surface area (Å²) in [4.78, 5) is 12.5. The smallest absolute Gasteiger partial charge is 0.224 e. The van der Waals surface area contributed by atoms with Gasteiger partial charge >= 0.3 is 0 Å². The van der Waals surface area contributed by atoms with Gasteiger partial charge in [-0.05, 0) is 62.0 Å². The van der Waals surface area contributed by atoms with E-state index in [1.807, 2.05) is 66.7 Å². The van der Waals surface area contributed by atoms with E-state index in [0.29, 0.717) is 30.6 Å². The molecule has 2 atom stereocenters. The Labute approximate surface area is 176 Å². The van der Waals surface area contributed by atoms with E-state index in [2.05, 4.69) is 15.8 Å². The van der Waals surface area contributed by atoms with Gasteiger partial charge in [0, 0.05) is 18.2 Å². The molecule has 0 aliphatic carbocycles. The second kappa shape index (κ2) is 10.1. The van der Waals surface area contributed by atoms with Crippen LogP contribution >= 0.6 is 0 Å². The van der Waals surface area contributed by atoms with Crippen LogP contribution in [0.5, 0.6) is 5.75 Å². The maximum atomic E-state index is 12.5. The number of ether oxygens (including phenoxy) is 1. The molecule has 0 saturated carbocycles. The summed E-state index contributed by atoms with van der Waals surface area (Å²) < 4.78 is 11.2. The van der Waals surface area contributed by atoms with Gasteiger partial charge in [0.15, 0.2) is 5.76 Å². The molecule has 6 nitrogen and oxygen atoms in total. The van der Waals surface area contributed by atoms with Crippen molar-refractivity contribution in [2.24, 2.45) is 11.8 Å². The lowest BCUT2D eigenvalue weighted by Gasteiger charge is -2.31. The number of carbonyl (C=O) groups excluding carboxylic acids is 1. The Morgan fingerprint density at radius 2 is 1.87 bits per heavy atom. The highest BCUT2D eigenvalue weighted by molar-refractivity contribution is 5.90. The highest BCUT2D eigenvalue weighted by atomic mass is 16.5. The van der Waals surface area contributed by atoms with Gasteiger partial charge in [-0.3, -0.25) is 4.79 Å². The molecule has 4 rings (SSSR count). The number of hydrogen-bond donors (Lipinski definition) is 2. The lowest BCUT2D eigenvalue weighted by molar-refractivity contribution is -0.117. The molecule has 0 bridgehead atoms. The van der Waals surface area contributed by atoms with Crippen LogP contribution in [0.1, 0.15) is 24.3 Å². The molecule has 1 aromatic heterocycles. The van der Waals surface area contributed by atoms with Crippen molar-refractivity contribution in [2.75, 3.05) is 18.4 Å². The first-order valence-electron chi connectivity index (χ1n) is 10.4. The predicted octanol–water partition coefficient (Wildman–Crippen LogP) is 4.05. The van der Waals surface area contributed by atoms with Gasteiger partial charge in [-0.15, -0.1) is 0 Å². The SMILES string of the molecule is O=C(CC1CCNCC1Cc1cc(COc2ccccc2)on1)Nc1ccccc1. The Kier molecular flexibility index (Phi) is 6.77. The summed E-state index contributed by atoms with van der Waals surface area (Å²) in [5.41, 5.74) is 1.75. The van der Waals surface area contributed by atoms with Crippen LogP contribution in [0.4, 0.5) is 5.69 Å². The number of para-hydroxylation sites is 2.